The topological polar surface area (TPSA) is 76.5 Å². The van der Waals surface area contributed by atoms with Gasteiger partial charge in [0.15, 0.2) is 0 Å². The van der Waals surface area contributed by atoms with E-state index < -0.39 is 5.60 Å². The Morgan fingerprint density at radius 1 is 1.48 bits per heavy atom. The zero-order chi connectivity index (χ0) is 15.6. The second-order valence-electron chi connectivity index (χ2n) is 5.93. The quantitative estimate of drug-likeness (QED) is 0.864. The summed E-state index contributed by atoms with van der Waals surface area (Å²) in [4.78, 5) is 24.6. The molecule has 2 heterocycles. The summed E-state index contributed by atoms with van der Waals surface area (Å²) >= 11 is 5.42. The summed E-state index contributed by atoms with van der Waals surface area (Å²) in [5.74, 6) is -0.374. The van der Waals surface area contributed by atoms with Gasteiger partial charge in [0.05, 0.1) is 17.9 Å². The normalized spacial score (nSPS) is 15.5. The third-order valence-corrected chi connectivity index (χ3v) is 3.14. The van der Waals surface area contributed by atoms with Gasteiger partial charge in [0.1, 0.15) is 11.5 Å². The summed E-state index contributed by atoms with van der Waals surface area (Å²) in [6.07, 6.45) is 2.96. The van der Waals surface area contributed by atoms with Gasteiger partial charge in [-0.3, -0.25) is 9.48 Å². The Labute approximate surface area is 128 Å². The highest BCUT2D eigenvalue weighted by atomic mass is 35.5. The minimum Gasteiger partial charge on any atom is -0.444 e. The maximum Gasteiger partial charge on any atom is 0.410 e. The number of anilines is 1. The third-order valence-electron chi connectivity index (χ3n) is 2.89. The SMILES string of the molecule is CC(C)(C)OC(=O)N1CC(n2cc(NC(=O)CCl)cn2)C1. The predicted octanol–water partition coefficient (Wildman–Crippen LogP) is 1.85. The maximum atomic E-state index is 11.8. The molecule has 0 bridgehead atoms. The first kappa shape index (κ1) is 15.6. The molecule has 0 aliphatic carbocycles. The van der Waals surface area contributed by atoms with E-state index in [2.05, 4.69) is 10.4 Å². The summed E-state index contributed by atoms with van der Waals surface area (Å²) in [6, 6.07) is 0.0965. The number of carbonyl (C=O) groups excluding carboxylic acids is 2. The number of nitrogens with one attached hydrogen (secondary N) is 1. The van der Waals surface area contributed by atoms with E-state index in [4.69, 9.17) is 16.3 Å². The number of hydrogen-bond acceptors (Lipinski definition) is 4. The highest BCUT2D eigenvalue weighted by molar-refractivity contribution is 6.29. The van der Waals surface area contributed by atoms with Gasteiger partial charge in [-0.25, -0.2) is 4.79 Å². The van der Waals surface area contributed by atoms with E-state index in [0.717, 1.165) is 0 Å². The van der Waals surface area contributed by atoms with Gasteiger partial charge >= 0.3 is 6.09 Å². The average molecular weight is 315 g/mol. The molecule has 1 fully saturated rings. The first-order chi connectivity index (χ1) is 9.78. The molecule has 21 heavy (non-hydrogen) atoms. The van der Waals surface area contributed by atoms with Crippen molar-refractivity contribution >= 4 is 29.3 Å². The van der Waals surface area contributed by atoms with Crippen LogP contribution < -0.4 is 5.32 Å². The summed E-state index contributed by atoms with van der Waals surface area (Å²) in [5, 5.41) is 6.79. The number of hydrogen-bond donors (Lipinski definition) is 1. The molecule has 2 rings (SSSR count). The Kier molecular flexibility index (Phi) is 4.41. The number of amides is 2. The Balaban J connectivity index is 1.84. The Morgan fingerprint density at radius 3 is 2.71 bits per heavy atom. The number of ether oxygens (including phenoxy) is 1. The lowest BCUT2D eigenvalue weighted by Gasteiger charge is -2.39. The lowest BCUT2D eigenvalue weighted by molar-refractivity contribution is -0.113. The minimum absolute atomic E-state index is 0.0962. The van der Waals surface area contributed by atoms with Gasteiger partial charge in [-0.1, -0.05) is 0 Å². The molecule has 2 amide bonds. The van der Waals surface area contributed by atoms with Crippen molar-refractivity contribution in [1.29, 1.82) is 0 Å². The number of halogens is 1. The third kappa shape index (κ3) is 4.10. The van der Waals surface area contributed by atoms with Crippen molar-refractivity contribution in [2.45, 2.75) is 32.4 Å². The predicted molar refractivity (Wildman–Crippen MR) is 78.4 cm³/mol. The van der Waals surface area contributed by atoms with Gasteiger partial charge in [0, 0.05) is 19.3 Å². The van der Waals surface area contributed by atoms with Crippen LogP contribution in [0.2, 0.25) is 0 Å². The second kappa shape index (κ2) is 5.93. The molecular formula is C13H19ClN4O3. The molecule has 0 spiro atoms. The first-order valence-electron chi connectivity index (χ1n) is 6.66. The molecule has 0 radical (unpaired) electrons. The summed E-state index contributed by atoms with van der Waals surface area (Å²) in [6.45, 7) is 6.59. The molecule has 1 aromatic heterocycles. The smallest absolute Gasteiger partial charge is 0.410 e. The molecule has 116 valence electrons. The van der Waals surface area contributed by atoms with Gasteiger partial charge in [-0.2, -0.15) is 5.10 Å². The van der Waals surface area contributed by atoms with Crippen LogP contribution in [0.25, 0.3) is 0 Å². The van der Waals surface area contributed by atoms with Crippen molar-refractivity contribution in [3.05, 3.63) is 12.4 Å². The van der Waals surface area contributed by atoms with Gasteiger partial charge in [0.25, 0.3) is 0 Å². The molecule has 0 aromatic carbocycles. The largest absolute Gasteiger partial charge is 0.444 e. The van der Waals surface area contributed by atoms with E-state index in [0.29, 0.717) is 18.8 Å². The summed E-state index contributed by atoms with van der Waals surface area (Å²) in [5.41, 5.74) is 0.101. The fourth-order valence-electron chi connectivity index (χ4n) is 1.89. The molecule has 1 aliphatic rings. The molecule has 0 saturated carbocycles. The van der Waals surface area contributed by atoms with Crippen LogP contribution in [0, 0.1) is 0 Å². The fourth-order valence-corrected chi connectivity index (χ4v) is 1.96. The molecule has 1 N–H and O–H groups in total. The molecule has 0 unspecified atom stereocenters. The molecule has 1 aliphatic heterocycles. The zero-order valence-corrected chi connectivity index (χ0v) is 13.1. The monoisotopic (exact) mass is 314 g/mol. The van der Waals surface area contributed by atoms with Crippen LogP contribution in [0.4, 0.5) is 10.5 Å². The number of aromatic nitrogens is 2. The number of nitrogens with zero attached hydrogens (tertiary/aromatic N) is 3. The lowest BCUT2D eigenvalue weighted by atomic mass is 10.1. The minimum atomic E-state index is -0.493. The Hall–Kier alpha value is -1.76. The summed E-state index contributed by atoms with van der Waals surface area (Å²) in [7, 11) is 0. The van der Waals surface area contributed by atoms with Crippen LogP contribution in [0.3, 0.4) is 0 Å². The molecular weight excluding hydrogens is 296 g/mol. The zero-order valence-electron chi connectivity index (χ0n) is 12.3. The first-order valence-corrected chi connectivity index (χ1v) is 7.20. The molecule has 8 heteroatoms. The standard InChI is InChI=1S/C13H19ClN4O3/c1-13(2,3)21-12(20)17-7-10(8-17)18-6-9(5-15-18)16-11(19)4-14/h5-6,10H,4,7-8H2,1-3H3,(H,16,19). The summed E-state index contributed by atoms with van der Waals surface area (Å²) < 4.78 is 7.01. The highest BCUT2D eigenvalue weighted by Gasteiger charge is 2.35. The molecule has 1 aromatic rings. The van der Waals surface area contributed by atoms with Crippen LogP contribution in [0.1, 0.15) is 26.8 Å². The Bertz CT molecular complexity index is 532. The van der Waals surface area contributed by atoms with Crippen molar-refractivity contribution in [2.24, 2.45) is 0 Å². The van der Waals surface area contributed by atoms with E-state index in [1.807, 2.05) is 20.8 Å². The lowest BCUT2D eigenvalue weighted by Crippen LogP contribution is -2.52. The van der Waals surface area contributed by atoms with Crippen molar-refractivity contribution in [3.8, 4) is 0 Å². The number of alkyl halides is 1. The Morgan fingerprint density at radius 2 is 2.14 bits per heavy atom. The van der Waals surface area contributed by atoms with Crippen molar-refractivity contribution < 1.29 is 14.3 Å². The average Bonchev–Trinajstić information content (AvgIpc) is 2.72. The second-order valence-corrected chi connectivity index (χ2v) is 6.20. The van der Waals surface area contributed by atoms with Crippen molar-refractivity contribution in [2.75, 3.05) is 24.3 Å². The number of carbonyl (C=O) groups is 2. The van der Waals surface area contributed by atoms with Gasteiger partial charge in [0.2, 0.25) is 5.91 Å². The highest BCUT2D eigenvalue weighted by Crippen LogP contribution is 2.24. The van der Waals surface area contributed by atoms with E-state index in [1.165, 1.54) is 0 Å². The van der Waals surface area contributed by atoms with Crippen molar-refractivity contribution in [1.82, 2.24) is 14.7 Å². The van der Waals surface area contributed by atoms with E-state index in [9.17, 15) is 9.59 Å². The van der Waals surface area contributed by atoms with Gasteiger partial charge < -0.3 is 15.0 Å². The van der Waals surface area contributed by atoms with Crippen LogP contribution in [0.5, 0.6) is 0 Å². The van der Waals surface area contributed by atoms with Crippen LogP contribution in [-0.2, 0) is 9.53 Å². The maximum absolute atomic E-state index is 11.8. The molecule has 7 nitrogen and oxygen atoms in total. The molecule has 1 saturated heterocycles. The van der Waals surface area contributed by atoms with Crippen LogP contribution >= 0.6 is 11.6 Å². The van der Waals surface area contributed by atoms with Crippen LogP contribution in [0.15, 0.2) is 12.4 Å². The van der Waals surface area contributed by atoms with E-state index in [-0.39, 0.29) is 23.9 Å². The van der Waals surface area contributed by atoms with E-state index in [1.54, 1.807) is 22.0 Å². The fraction of sp³-hybridized carbons (Fsp3) is 0.615. The number of rotatable bonds is 3. The van der Waals surface area contributed by atoms with E-state index >= 15 is 0 Å². The van der Waals surface area contributed by atoms with Crippen LogP contribution in [-0.4, -0.2) is 51.3 Å². The van der Waals surface area contributed by atoms with Crippen molar-refractivity contribution in [3.63, 3.8) is 0 Å². The molecule has 0 atom stereocenters. The van der Waals surface area contributed by atoms with Gasteiger partial charge in [-0.15, -0.1) is 11.6 Å². The van der Waals surface area contributed by atoms with Gasteiger partial charge in [-0.05, 0) is 20.8 Å². The number of likely N-dealkylation sites (tertiary alicyclic amines) is 1.